The van der Waals surface area contributed by atoms with Gasteiger partial charge in [-0.05, 0) is 47.3 Å². The molecule has 1 heterocycles. The van der Waals surface area contributed by atoms with Gasteiger partial charge in [-0.25, -0.2) is 0 Å². The molecule has 1 aliphatic carbocycles. The van der Waals surface area contributed by atoms with E-state index in [4.69, 9.17) is 11.6 Å². The summed E-state index contributed by atoms with van der Waals surface area (Å²) in [5.74, 6) is 0.558. The number of rotatable bonds is 4. The Balaban J connectivity index is 1.93. The van der Waals surface area contributed by atoms with Gasteiger partial charge >= 0.3 is 0 Å². The number of nitrogens with zero attached hydrogens (tertiary/aromatic N) is 1. The average molecular weight is 379 g/mol. The van der Waals surface area contributed by atoms with Crippen LogP contribution in [0.5, 0.6) is 0 Å². The lowest BCUT2D eigenvalue weighted by Gasteiger charge is -2.51. The van der Waals surface area contributed by atoms with Gasteiger partial charge in [0.1, 0.15) is 0 Å². The Morgan fingerprint density at radius 2 is 1.92 bits per heavy atom. The smallest absolute Gasteiger partial charge is 0.0626 e. The summed E-state index contributed by atoms with van der Waals surface area (Å²) < 4.78 is 0. The van der Waals surface area contributed by atoms with E-state index in [1.165, 1.54) is 5.56 Å². The fourth-order valence-electron chi connectivity index (χ4n) is 5.50. The summed E-state index contributed by atoms with van der Waals surface area (Å²) in [5.41, 5.74) is 1.45. The van der Waals surface area contributed by atoms with Crippen LogP contribution in [0.3, 0.4) is 0 Å². The number of halogens is 1. The van der Waals surface area contributed by atoms with Gasteiger partial charge in [0.2, 0.25) is 0 Å². The quantitative estimate of drug-likeness (QED) is 0.826. The van der Waals surface area contributed by atoms with Crippen LogP contribution in [0.25, 0.3) is 0 Å². The molecule has 2 N–H and O–H groups in total. The number of aliphatic hydroxyl groups excluding tert-OH is 1. The minimum Gasteiger partial charge on any atom is -0.392 e. The van der Waals surface area contributed by atoms with Gasteiger partial charge in [-0.15, -0.1) is 0 Å². The van der Waals surface area contributed by atoms with E-state index < -0.39 is 0 Å². The number of benzene rings is 1. The summed E-state index contributed by atoms with van der Waals surface area (Å²) in [7, 11) is 0. The molecular weight excluding hydrogens is 344 g/mol. The third-order valence-corrected chi connectivity index (χ3v) is 6.62. The maximum atomic E-state index is 11.3. The highest BCUT2D eigenvalue weighted by Gasteiger charge is 2.48. The molecule has 1 saturated heterocycles. The number of nitrogens with one attached hydrogen (secondary N) is 1. The first kappa shape index (κ1) is 20.1. The lowest BCUT2D eigenvalue weighted by molar-refractivity contribution is -0.0864. The molecule has 4 heteroatoms. The van der Waals surface area contributed by atoms with E-state index in [0.717, 1.165) is 50.6 Å². The zero-order valence-electron chi connectivity index (χ0n) is 16.8. The molecular formula is C22H35ClN2O. The molecule has 0 spiro atoms. The Labute approximate surface area is 164 Å². The predicted molar refractivity (Wildman–Crippen MR) is 110 cm³/mol. The second-order valence-corrected chi connectivity index (χ2v) is 10.3. The van der Waals surface area contributed by atoms with Gasteiger partial charge < -0.3 is 15.3 Å². The van der Waals surface area contributed by atoms with Crippen LogP contribution in [0.15, 0.2) is 24.3 Å². The minimum absolute atomic E-state index is 0.0628. The Morgan fingerprint density at radius 3 is 2.58 bits per heavy atom. The first-order chi connectivity index (χ1) is 12.2. The molecule has 1 aromatic rings. The summed E-state index contributed by atoms with van der Waals surface area (Å²) in [6.07, 6.45) is 1.83. The topological polar surface area (TPSA) is 35.5 Å². The number of aliphatic hydroxyl groups is 1. The van der Waals surface area contributed by atoms with Gasteiger partial charge in [0.15, 0.2) is 0 Å². The Bertz CT molecular complexity index is 610. The fourth-order valence-corrected chi connectivity index (χ4v) is 5.70. The second kappa shape index (κ2) is 7.79. The molecule has 146 valence electrons. The molecule has 3 atom stereocenters. The summed E-state index contributed by atoms with van der Waals surface area (Å²) in [6.45, 7) is 14.4. The molecule has 0 aromatic heterocycles. The Hall–Kier alpha value is -0.610. The van der Waals surface area contributed by atoms with Gasteiger partial charge in [0, 0.05) is 43.7 Å². The van der Waals surface area contributed by atoms with Crippen molar-refractivity contribution >= 4 is 11.6 Å². The second-order valence-electron chi connectivity index (χ2n) is 9.85. The normalized spacial score (nSPS) is 30.1. The molecule has 1 aliphatic heterocycles. The molecule has 3 rings (SSSR count). The van der Waals surface area contributed by atoms with Crippen LogP contribution in [0, 0.1) is 16.7 Å². The molecule has 2 fully saturated rings. The summed E-state index contributed by atoms with van der Waals surface area (Å²) in [6, 6.07) is 8.29. The van der Waals surface area contributed by atoms with Crippen LogP contribution in [-0.4, -0.2) is 48.8 Å². The molecule has 0 amide bonds. The largest absolute Gasteiger partial charge is 0.392 e. The van der Waals surface area contributed by atoms with E-state index in [2.05, 4.69) is 50.0 Å². The third kappa shape index (κ3) is 4.62. The van der Waals surface area contributed by atoms with Gasteiger partial charge in [0.25, 0.3) is 0 Å². The van der Waals surface area contributed by atoms with E-state index in [0.29, 0.717) is 5.92 Å². The van der Waals surface area contributed by atoms with E-state index in [9.17, 15) is 5.11 Å². The van der Waals surface area contributed by atoms with Crippen molar-refractivity contribution in [1.29, 1.82) is 0 Å². The van der Waals surface area contributed by atoms with Crippen molar-refractivity contribution in [3.8, 4) is 0 Å². The van der Waals surface area contributed by atoms with Crippen molar-refractivity contribution in [2.75, 3.05) is 32.7 Å². The monoisotopic (exact) mass is 378 g/mol. The standard InChI is InChI=1S/C22H35ClN2O/c1-21(2)13-18(20(26)22(3,4)15-21)19(14-25-10-8-24-9-11-25)16-6-5-7-17(23)12-16/h5-7,12,18-20,24,26H,8-11,13-15H2,1-4H3. The van der Waals surface area contributed by atoms with E-state index >= 15 is 0 Å². The first-order valence-corrected chi connectivity index (χ1v) is 10.4. The zero-order chi connectivity index (χ0) is 18.9. The highest BCUT2D eigenvalue weighted by molar-refractivity contribution is 6.30. The summed E-state index contributed by atoms with van der Waals surface area (Å²) in [4.78, 5) is 2.55. The molecule has 2 aliphatic rings. The Kier molecular flexibility index (Phi) is 6.03. The van der Waals surface area contributed by atoms with Crippen LogP contribution < -0.4 is 5.32 Å². The third-order valence-electron chi connectivity index (χ3n) is 6.39. The van der Waals surface area contributed by atoms with Crippen LogP contribution in [-0.2, 0) is 0 Å². The van der Waals surface area contributed by atoms with Crippen LogP contribution >= 0.6 is 11.6 Å². The molecule has 3 nitrogen and oxygen atoms in total. The number of piperazine rings is 1. The van der Waals surface area contributed by atoms with Crippen LogP contribution in [0.2, 0.25) is 5.02 Å². The predicted octanol–water partition coefficient (Wildman–Crippen LogP) is 4.15. The zero-order valence-corrected chi connectivity index (χ0v) is 17.5. The summed E-state index contributed by atoms with van der Waals surface area (Å²) >= 11 is 6.33. The van der Waals surface area contributed by atoms with Gasteiger partial charge in [-0.2, -0.15) is 0 Å². The highest BCUT2D eigenvalue weighted by Crippen LogP contribution is 2.52. The Morgan fingerprint density at radius 1 is 1.23 bits per heavy atom. The van der Waals surface area contributed by atoms with Crippen molar-refractivity contribution in [1.82, 2.24) is 10.2 Å². The first-order valence-electron chi connectivity index (χ1n) is 10.0. The van der Waals surface area contributed by atoms with E-state index in [-0.39, 0.29) is 22.9 Å². The molecule has 26 heavy (non-hydrogen) atoms. The average Bonchev–Trinajstić information content (AvgIpc) is 2.56. The maximum absolute atomic E-state index is 11.3. The van der Waals surface area contributed by atoms with Gasteiger partial charge in [-0.1, -0.05) is 51.4 Å². The van der Waals surface area contributed by atoms with Crippen LogP contribution in [0.1, 0.15) is 52.0 Å². The molecule has 1 saturated carbocycles. The van der Waals surface area contributed by atoms with Crippen molar-refractivity contribution in [3.63, 3.8) is 0 Å². The molecule has 0 bridgehead atoms. The minimum atomic E-state index is -0.289. The van der Waals surface area contributed by atoms with Crippen molar-refractivity contribution < 1.29 is 5.11 Å². The van der Waals surface area contributed by atoms with Crippen molar-refractivity contribution in [3.05, 3.63) is 34.9 Å². The lowest BCUT2D eigenvalue weighted by Crippen LogP contribution is -2.51. The van der Waals surface area contributed by atoms with Crippen molar-refractivity contribution in [2.24, 2.45) is 16.7 Å². The van der Waals surface area contributed by atoms with Gasteiger partial charge in [-0.3, -0.25) is 0 Å². The molecule has 3 unspecified atom stereocenters. The number of hydrogen-bond donors (Lipinski definition) is 2. The lowest BCUT2D eigenvalue weighted by atomic mass is 9.56. The highest BCUT2D eigenvalue weighted by atomic mass is 35.5. The molecule has 0 radical (unpaired) electrons. The summed E-state index contributed by atoms with van der Waals surface area (Å²) in [5, 5.41) is 15.5. The molecule has 1 aromatic carbocycles. The fraction of sp³-hybridized carbons (Fsp3) is 0.727. The number of hydrogen-bond acceptors (Lipinski definition) is 3. The van der Waals surface area contributed by atoms with E-state index in [1.54, 1.807) is 0 Å². The van der Waals surface area contributed by atoms with Gasteiger partial charge in [0.05, 0.1) is 6.10 Å². The van der Waals surface area contributed by atoms with Crippen molar-refractivity contribution in [2.45, 2.75) is 52.6 Å². The van der Waals surface area contributed by atoms with E-state index in [1.807, 2.05) is 12.1 Å². The maximum Gasteiger partial charge on any atom is 0.0626 e. The van der Waals surface area contributed by atoms with Crippen LogP contribution in [0.4, 0.5) is 0 Å². The SMILES string of the molecule is CC1(C)CC(C(CN2CCNCC2)c2cccc(Cl)c2)C(O)C(C)(C)C1.